The fourth-order valence-corrected chi connectivity index (χ4v) is 2.96. The van der Waals surface area contributed by atoms with Crippen molar-refractivity contribution in [3.63, 3.8) is 0 Å². The average Bonchev–Trinajstić information content (AvgIpc) is 3.49. The lowest BCUT2D eigenvalue weighted by Gasteiger charge is -2.21. The summed E-state index contributed by atoms with van der Waals surface area (Å²) in [6.45, 7) is 2.97. The first kappa shape index (κ1) is 15.0. The van der Waals surface area contributed by atoms with E-state index in [1.165, 1.54) is 0 Å². The van der Waals surface area contributed by atoms with Gasteiger partial charge in [-0.3, -0.25) is 4.79 Å². The fourth-order valence-electron chi connectivity index (χ4n) is 2.96. The third-order valence-electron chi connectivity index (χ3n) is 4.48. The summed E-state index contributed by atoms with van der Waals surface area (Å²) in [6.07, 6.45) is 10.1. The molecule has 1 aliphatic carbocycles. The van der Waals surface area contributed by atoms with Gasteiger partial charge in [-0.2, -0.15) is 0 Å². The van der Waals surface area contributed by atoms with Crippen LogP contribution in [0.2, 0.25) is 0 Å². The van der Waals surface area contributed by atoms with E-state index in [0.717, 1.165) is 50.7 Å². The Bertz CT molecular complexity index is 701. The molecule has 1 saturated carbocycles. The summed E-state index contributed by atoms with van der Waals surface area (Å²) in [6, 6.07) is 1.81. The molecule has 7 heteroatoms. The molecule has 0 bridgehead atoms. The van der Waals surface area contributed by atoms with Gasteiger partial charge in [0.15, 0.2) is 0 Å². The highest BCUT2D eigenvalue weighted by Gasteiger charge is 2.27. The highest BCUT2D eigenvalue weighted by atomic mass is 16.2. The van der Waals surface area contributed by atoms with Crippen LogP contribution >= 0.6 is 0 Å². The quantitative estimate of drug-likeness (QED) is 0.851. The van der Waals surface area contributed by atoms with Crippen LogP contribution in [0.4, 0.5) is 5.95 Å². The van der Waals surface area contributed by atoms with Crippen LogP contribution in [0.3, 0.4) is 0 Å². The topological polar surface area (TPSA) is 75.1 Å². The lowest BCUT2D eigenvalue weighted by Crippen LogP contribution is -2.35. The Kier molecular flexibility index (Phi) is 4.06. The standard InChI is InChI=1S/C17H20N6O/c24-16(14-11-20-15(21-12-14)13-3-4-13)22-7-2-8-23(10-9-22)17-18-5-1-6-19-17/h1,5-6,11-13H,2-4,7-10H2. The maximum absolute atomic E-state index is 12.7. The molecular weight excluding hydrogens is 304 g/mol. The number of rotatable bonds is 3. The number of hydrogen-bond acceptors (Lipinski definition) is 6. The van der Waals surface area contributed by atoms with Crippen LogP contribution in [0.15, 0.2) is 30.9 Å². The Morgan fingerprint density at radius 1 is 0.958 bits per heavy atom. The number of amides is 1. The Morgan fingerprint density at radius 2 is 1.71 bits per heavy atom. The maximum Gasteiger partial charge on any atom is 0.257 e. The van der Waals surface area contributed by atoms with Gasteiger partial charge in [0.25, 0.3) is 5.91 Å². The molecule has 0 unspecified atom stereocenters. The van der Waals surface area contributed by atoms with Gasteiger partial charge in [-0.25, -0.2) is 19.9 Å². The average molecular weight is 324 g/mol. The molecule has 2 aromatic heterocycles. The number of carbonyl (C=O) groups is 1. The Morgan fingerprint density at radius 3 is 2.42 bits per heavy atom. The molecule has 2 aliphatic rings. The molecule has 0 spiro atoms. The molecule has 1 amide bonds. The normalized spacial score (nSPS) is 18.3. The Balaban J connectivity index is 1.41. The third kappa shape index (κ3) is 3.20. The van der Waals surface area contributed by atoms with Crippen molar-refractivity contribution >= 4 is 11.9 Å². The summed E-state index contributed by atoms with van der Waals surface area (Å²) in [5, 5.41) is 0. The van der Waals surface area contributed by atoms with Crippen molar-refractivity contribution in [2.75, 3.05) is 31.1 Å². The zero-order chi connectivity index (χ0) is 16.4. The van der Waals surface area contributed by atoms with Gasteiger partial charge in [0.1, 0.15) is 5.82 Å². The number of aromatic nitrogens is 4. The predicted octanol–water partition coefficient (Wildman–Crippen LogP) is 1.50. The van der Waals surface area contributed by atoms with Crippen LogP contribution < -0.4 is 4.90 Å². The van der Waals surface area contributed by atoms with Crippen molar-refractivity contribution in [3.05, 3.63) is 42.2 Å². The van der Waals surface area contributed by atoms with Gasteiger partial charge in [0.2, 0.25) is 5.95 Å². The van der Waals surface area contributed by atoms with E-state index >= 15 is 0 Å². The number of hydrogen-bond donors (Lipinski definition) is 0. The number of anilines is 1. The first-order valence-corrected chi connectivity index (χ1v) is 8.44. The zero-order valence-corrected chi connectivity index (χ0v) is 13.5. The summed E-state index contributed by atoms with van der Waals surface area (Å²) >= 11 is 0. The SMILES string of the molecule is O=C(c1cnc(C2CC2)nc1)N1CCCN(c2ncccn2)CC1. The van der Waals surface area contributed by atoms with E-state index in [4.69, 9.17) is 0 Å². The number of nitrogens with zero attached hydrogens (tertiary/aromatic N) is 6. The smallest absolute Gasteiger partial charge is 0.257 e. The number of carbonyl (C=O) groups excluding carboxylic acids is 1. The molecule has 3 heterocycles. The van der Waals surface area contributed by atoms with Crippen LogP contribution in [0.25, 0.3) is 0 Å². The molecule has 1 aliphatic heterocycles. The maximum atomic E-state index is 12.7. The van der Waals surface area contributed by atoms with Gasteiger partial charge in [-0.1, -0.05) is 0 Å². The second kappa shape index (κ2) is 6.51. The van der Waals surface area contributed by atoms with Gasteiger partial charge in [0, 0.05) is 56.9 Å². The minimum Gasteiger partial charge on any atom is -0.339 e. The second-order valence-corrected chi connectivity index (χ2v) is 6.29. The minimum atomic E-state index is 0.00757. The zero-order valence-electron chi connectivity index (χ0n) is 13.5. The summed E-state index contributed by atoms with van der Waals surface area (Å²) < 4.78 is 0. The molecule has 4 rings (SSSR count). The molecule has 0 radical (unpaired) electrons. The van der Waals surface area contributed by atoms with Crippen molar-refractivity contribution in [3.8, 4) is 0 Å². The van der Waals surface area contributed by atoms with Gasteiger partial charge < -0.3 is 9.80 Å². The van der Waals surface area contributed by atoms with Gasteiger partial charge in [-0.05, 0) is 25.3 Å². The van der Waals surface area contributed by atoms with Crippen molar-refractivity contribution in [2.45, 2.75) is 25.2 Å². The monoisotopic (exact) mass is 324 g/mol. The van der Waals surface area contributed by atoms with E-state index < -0.39 is 0 Å². The highest BCUT2D eigenvalue weighted by molar-refractivity contribution is 5.93. The predicted molar refractivity (Wildman–Crippen MR) is 88.8 cm³/mol. The minimum absolute atomic E-state index is 0.00757. The van der Waals surface area contributed by atoms with Crippen molar-refractivity contribution in [2.24, 2.45) is 0 Å². The van der Waals surface area contributed by atoms with E-state index in [-0.39, 0.29) is 5.91 Å². The third-order valence-corrected chi connectivity index (χ3v) is 4.48. The molecule has 0 N–H and O–H groups in total. The molecule has 7 nitrogen and oxygen atoms in total. The molecule has 0 atom stereocenters. The molecular formula is C17H20N6O. The molecule has 2 fully saturated rings. The first-order valence-electron chi connectivity index (χ1n) is 8.44. The van der Waals surface area contributed by atoms with Gasteiger partial charge in [0.05, 0.1) is 5.56 Å². The molecule has 124 valence electrons. The fraction of sp³-hybridized carbons (Fsp3) is 0.471. The van der Waals surface area contributed by atoms with E-state index in [0.29, 0.717) is 18.0 Å². The summed E-state index contributed by atoms with van der Waals surface area (Å²) in [7, 11) is 0. The van der Waals surface area contributed by atoms with Crippen molar-refractivity contribution in [1.82, 2.24) is 24.8 Å². The van der Waals surface area contributed by atoms with E-state index in [1.54, 1.807) is 24.8 Å². The molecule has 0 aromatic carbocycles. The summed E-state index contributed by atoms with van der Waals surface area (Å²) in [5.74, 6) is 2.11. The molecule has 24 heavy (non-hydrogen) atoms. The van der Waals surface area contributed by atoms with Gasteiger partial charge in [-0.15, -0.1) is 0 Å². The summed E-state index contributed by atoms with van der Waals surface area (Å²) in [4.78, 5) is 34.0. The van der Waals surface area contributed by atoms with Crippen LogP contribution in [-0.4, -0.2) is 56.9 Å². The lowest BCUT2D eigenvalue weighted by atomic mass is 10.2. The van der Waals surface area contributed by atoms with Crippen molar-refractivity contribution in [1.29, 1.82) is 0 Å². The van der Waals surface area contributed by atoms with Crippen LogP contribution in [0, 0.1) is 0 Å². The Hall–Kier alpha value is -2.57. The highest BCUT2D eigenvalue weighted by Crippen LogP contribution is 2.37. The second-order valence-electron chi connectivity index (χ2n) is 6.29. The lowest BCUT2D eigenvalue weighted by molar-refractivity contribution is 0.0766. The van der Waals surface area contributed by atoms with Crippen LogP contribution in [-0.2, 0) is 0 Å². The van der Waals surface area contributed by atoms with Gasteiger partial charge >= 0.3 is 0 Å². The molecule has 1 saturated heterocycles. The van der Waals surface area contributed by atoms with E-state index in [2.05, 4.69) is 24.8 Å². The summed E-state index contributed by atoms with van der Waals surface area (Å²) in [5.41, 5.74) is 0.573. The first-order chi connectivity index (χ1) is 11.8. The molecule has 2 aromatic rings. The largest absolute Gasteiger partial charge is 0.339 e. The van der Waals surface area contributed by atoms with Crippen molar-refractivity contribution < 1.29 is 4.79 Å². The van der Waals surface area contributed by atoms with E-state index in [1.807, 2.05) is 11.0 Å². The van der Waals surface area contributed by atoms with Crippen LogP contribution in [0.1, 0.15) is 41.4 Å². The van der Waals surface area contributed by atoms with Crippen LogP contribution in [0.5, 0.6) is 0 Å². The van der Waals surface area contributed by atoms with E-state index in [9.17, 15) is 4.79 Å². The Labute approximate surface area is 140 Å².